The first-order chi connectivity index (χ1) is 9.29. The maximum atomic E-state index is 11.9. The number of nitriles is 1. The molecule has 0 aromatic carbocycles. The van der Waals surface area contributed by atoms with E-state index in [1.807, 2.05) is 6.07 Å². The fourth-order valence-corrected chi connectivity index (χ4v) is 2.59. The van der Waals surface area contributed by atoms with E-state index in [-0.39, 0.29) is 5.91 Å². The zero-order valence-corrected chi connectivity index (χ0v) is 11.1. The summed E-state index contributed by atoms with van der Waals surface area (Å²) in [6, 6.07) is 3.56. The van der Waals surface area contributed by atoms with Crippen molar-refractivity contribution in [2.24, 2.45) is 5.92 Å². The SMILES string of the molecule is N#Cc1cncc(C(=O)NCCC2CCCCC2)c1. The summed E-state index contributed by atoms with van der Waals surface area (Å²) >= 11 is 0. The number of aromatic nitrogens is 1. The lowest BCUT2D eigenvalue weighted by molar-refractivity contribution is 0.0950. The molecule has 1 heterocycles. The van der Waals surface area contributed by atoms with Crippen molar-refractivity contribution in [2.45, 2.75) is 38.5 Å². The van der Waals surface area contributed by atoms with Crippen LogP contribution in [0.3, 0.4) is 0 Å². The van der Waals surface area contributed by atoms with E-state index >= 15 is 0 Å². The Labute approximate surface area is 113 Å². The molecule has 4 nitrogen and oxygen atoms in total. The molecule has 1 saturated carbocycles. The molecule has 1 amide bonds. The Bertz CT molecular complexity index is 473. The van der Waals surface area contributed by atoms with Crippen LogP contribution in [-0.4, -0.2) is 17.4 Å². The first-order valence-electron chi connectivity index (χ1n) is 6.93. The van der Waals surface area contributed by atoms with E-state index in [4.69, 9.17) is 5.26 Å². The van der Waals surface area contributed by atoms with Crippen molar-refractivity contribution in [1.29, 1.82) is 5.26 Å². The molecule has 100 valence electrons. The van der Waals surface area contributed by atoms with Gasteiger partial charge in [0.05, 0.1) is 11.1 Å². The second kappa shape index (κ2) is 6.89. The van der Waals surface area contributed by atoms with Gasteiger partial charge >= 0.3 is 0 Å². The Morgan fingerprint density at radius 1 is 1.37 bits per heavy atom. The molecule has 0 aliphatic heterocycles. The normalized spacial score (nSPS) is 15.7. The fourth-order valence-electron chi connectivity index (χ4n) is 2.59. The van der Waals surface area contributed by atoms with Crippen LogP contribution in [0.2, 0.25) is 0 Å². The molecule has 4 heteroatoms. The molecule has 0 spiro atoms. The highest BCUT2D eigenvalue weighted by atomic mass is 16.1. The first kappa shape index (κ1) is 13.5. The van der Waals surface area contributed by atoms with Crippen molar-refractivity contribution in [1.82, 2.24) is 10.3 Å². The van der Waals surface area contributed by atoms with Gasteiger partial charge < -0.3 is 5.32 Å². The Kier molecular flexibility index (Phi) is 4.91. The Balaban J connectivity index is 1.79. The van der Waals surface area contributed by atoms with Gasteiger partial charge in [-0.2, -0.15) is 5.26 Å². The van der Waals surface area contributed by atoms with E-state index in [0.29, 0.717) is 17.7 Å². The van der Waals surface area contributed by atoms with Gasteiger partial charge in [-0.3, -0.25) is 9.78 Å². The quantitative estimate of drug-likeness (QED) is 0.901. The summed E-state index contributed by atoms with van der Waals surface area (Å²) in [7, 11) is 0. The van der Waals surface area contributed by atoms with E-state index in [2.05, 4.69) is 10.3 Å². The van der Waals surface area contributed by atoms with Crippen LogP contribution < -0.4 is 5.32 Å². The van der Waals surface area contributed by atoms with Gasteiger partial charge in [-0.25, -0.2) is 0 Å². The first-order valence-corrected chi connectivity index (χ1v) is 6.93. The van der Waals surface area contributed by atoms with Gasteiger partial charge in [0.15, 0.2) is 0 Å². The van der Waals surface area contributed by atoms with E-state index in [1.165, 1.54) is 44.5 Å². The summed E-state index contributed by atoms with van der Waals surface area (Å²) in [5.41, 5.74) is 0.877. The van der Waals surface area contributed by atoms with Gasteiger partial charge in [0, 0.05) is 18.9 Å². The second-order valence-electron chi connectivity index (χ2n) is 5.12. The molecule has 0 unspecified atom stereocenters. The van der Waals surface area contributed by atoms with Crippen LogP contribution in [0, 0.1) is 17.2 Å². The van der Waals surface area contributed by atoms with Gasteiger partial charge in [-0.05, 0) is 18.4 Å². The number of carbonyl (C=O) groups is 1. The van der Waals surface area contributed by atoms with Crippen LogP contribution in [0.15, 0.2) is 18.5 Å². The van der Waals surface area contributed by atoms with Crippen LogP contribution in [0.1, 0.15) is 54.4 Å². The Morgan fingerprint density at radius 3 is 2.89 bits per heavy atom. The highest BCUT2D eigenvalue weighted by Crippen LogP contribution is 2.25. The minimum atomic E-state index is -0.139. The van der Waals surface area contributed by atoms with Gasteiger partial charge in [0.1, 0.15) is 6.07 Å². The van der Waals surface area contributed by atoms with Gasteiger partial charge in [-0.1, -0.05) is 32.1 Å². The standard InChI is InChI=1S/C15H19N3O/c16-9-13-8-14(11-17-10-13)15(19)18-7-6-12-4-2-1-3-5-12/h8,10-12H,1-7H2,(H,18,19). The van der Waals surface area contributed by atoms with Crippen molar-refractivity contribution in [3.05, 3.63) is 29.6 Å². The van der Waals surface area contributed by atoms with Crippen LogP contribution >= 0.6 is 0 Å². The molecule has 0 saturated heterocycles. The van der Waals surface area contributed by atoms with E-state index in [0.717, 1.165) is 12.3 Å². The van der Waals surface area contributed by atoms with Crippen molar-refractivity contribution in [2.75, 3.05) is 6.54 Å². The number of hydrogen-bond donors (Lipinski definition) is 1. The van der Waals surface area contributed by atoms with Gasteiger partial charge in [0.2, 0.25) is 0 Å². The molecule has 1 aliphatic carbocycles. The predicted molar refractivity (Wildman–Crippen MR) is 72.5 cm³/mol. The van der Waals surface area contributed by atoms with Crippen molar-refractivity contribution < 1.29 is 4.79 Å². The molecule has 1 N–H and O–H groups in total. The molecular formula is C15H19N3O. The highest BCUT2D eigenvalue weighted by molar-refractivity contribution is 5.94. The minimum Gasteiger partial charge on any atom is -0.352 e. The summed E-state index contributed by atoms with van der Waals surface area (Å²) in [5, 5.41) is 11.7. The minimum absolute atomic E-state index is 0.139. The lowest BCUT2D eigenvalue weighted by atomic mass is 9.87. The summed E-state index contributed by atoms with van der Waals surface area (Å²) in [4.78, 5) is 15.8. The van der Waals surface area contributed by atoms with E-state index in [1.54, 1.807) is 6.07 Å². The molecule has 1 fully saturated rings. The molecule has 0 bridgehead atoms. The fraction of sp³-hybridized carbons (Fsp3) is 0.533. The highest BCUT2D eigenvalue weighted by Gasteiger charge is 2.13. The van der Waals surface area contributed by atoms with Crippen molar-refractivity contribution >= 4 is 5.91 Å². The topological polar surface area (TPSA) is 65.8 Å². The number of rotatable bonds is 4. The predicted octanol–water partition coefficient (Wildman–Crippen LogP) is 2.65. The number of nitrogens with zero attached hydrogens (tertiary/aromatic N) is 2. The summed E-state index contributed by atoms with van der Waals surface area (Å²) < 4.78 is 0. The molecule has 1 aromatic rings. The Morgan fingerprint density at radius 2 is 2.16 bits per heavy atom. The van der Waals surface area contributed by atoms with E-state index < -0.39 is 0 Å². The third kappa shape index (κ3) is 4.06. The molecule has 1 aromatic heterocycles. The summed E-state index contributed by atoms with van der Waals surface area (Å²) in [6.45, 7) is 0.709. The zero-order valence-electron chi connectivity index (χ0n) is 11.1. The zero-order chi connectivity index (χ0) is 13.5. The molecular weight excluding hydrogens is 238 g/mol. The number of amides is 1. The molecule has 0 radical (unpaired) electrons. The van der Waals surface area contributed by atoms with Gasteiger partial charge in [0.25, 0.3) is 5.91 Å². The van der Waals surface area contributed by atoms with Crippen LogP contribution in [-0.2, 0) is 0 Å². The number of pyridine rings is 1. The number of hydrogen-bond acceptors (Lipinski definition) is 3. The van der Waals surface area contributed by atoms with Crippen LogP contribution in [0.4, 0.5) is 0 Å². The molecule has 0 atom stereocenters. The van der Waals surface area contributed by atoms with E-state index in [9.17, 15) is 4.79 Å². The summed E-state index contributed by atoms with van der Waals surface area (Å²) in [6.07, 6.45) is 10.6. The maximum Gasteiger partial charge on any atom is 0.252 e. The van der Waals surface area contributed by atoms with Gasteiger partial charge in [-0.15, -0.1) is 0 Å². The number of nitrogens with one attached hydrogen (secondary N) is 1. The van der Waals surface area contributed by atoms with Crippen molar-refractivity contribution in [3.8, 4) is 6.07 Å². The largest absolute Gasteiger partial charge is 0.352 e. The third-order valence-electron chi connectivity index (χ3n) is 3.69. The van der Waals surface area contributed by atoms with Crippen LogP contribution in [0.25, 0.3) is 0 Å². The monoisotopic (exact) mass is 257 g/mol. The lowest BCUT2D eigenvalue weighted by Gasteiger charge is -2.21. The van der Waals surface area contributed by atoms with Crippen molar-refractivity contribution in [3.63, 3.8) is 0 Å². The molecule has 1 aliphatic rings. The number of carbonyl (C=O) groups excluding carboxylic acids is 1. The Hall–Kier alpha value is -1.89. The maximum absolute atomic E-state index is 11.9. The average Bonchev–Trinajstić information content (AvgIpc) is 2.48. The average molecular weight is 257 g/mol. The third-order valence-corrected chi connectivity index (χ3v) is 3.69. The molecule has 2 rings (SSSR count). The lowest BCUT2D eigenvalue weighted by Crippen LogP contribution is -2.26. The summed E-state index contributed by atoms with van der Waals surface area (Å²) in [5.74, 6) is 0.623. The van der Waals surface area contributed by atoms with Crippen LogP contribution in [0.5, 0.6) is 0 Å². The molecule has 19 heavy (non-hydrogen) atoms. The smallest absolute Gasteiger partial charge is 0.252 e. The second-order valence-corrected chi connectivity index (χ2v) is 5.12.